The number of urea groups is 1. The molecule has 108 valence electrons. The molecule has 1 heterocycles. The van der Waals surface area contributed by atoms with Gasteiger partial charge < -0.3 is 16.0 Å². The number of nitrogens with one attached hydrogen (secondary N) is 1. The van der Waals surface area contributed by atoms with Gasteiger partial charge in [-0.05, 0) is 18.1 Å². The molecule has 5 nitrogen and oxygen atoms in total. The number of amides is 3. The number of nitrogens with zero attached hydrogens (tertiary/aromatic N) is 1. The van der Waals surface area contributed by atoms with E-state index in [1.54, 1.807) is 6.07 Å². The highest BCUT2D eigenvalue weighted by molar-refractivity contribution is 5.98. The average molecular weight is 279 g/mol. The summed E-state index contributed by atoms with van der Waals surface area (Å²) < 4.78 is 13.9. The van der Waals surface area contributed by atoms with E-state index >= 15 is 0 Å². The van der Waals surface area contributed by atoms with Crippen LogP contribution in [-0.2, 0) is 11.3 Å². The zero-order chi connectivity index (χ0) is 14.9. The fourth-order valence-electron chi connectivity index (χ4n) is 2.46. The lowest BCUT2D eigenvalue weighted by Crippen LogP contribution is -2.50. The summed E-state index contributed by atoms with van der Waals surface area (Å²) in [7, 11) is 0. The zero-order valence-corrected chi connectivity index (χ0v) is 11.5. The van der Waals surface area contributed by atoms with Crippen molar-refractivity contribution in [1.82, 2.24) is 4.90 Å². The molecule has 3 amide bonds. The number of hydrogen-bond donors (Lipinski definition) is 2. The number of rotatable bonds is 2. The minimum atomic E-state index is -0.721. The summed E-state index contributed by atoms with van der Waals surface area (Å²) in [6, 6.07) is 3.03. The van der Waals surface area contributed by atoms with Crippen LogP contribution in [0.2, 0.25) is 0 Å². The van der Waals surface area contributed by atoms with Crippen LogP contribution >= 0.6 is 0 Å². The van der Waals surface area contributed by atoms with Gasteiger partial charge in [0.15, 0.2) is 0 Å². The van der Waals surface area contributed by atoms with E-state index in [1.165, 1.54) is 17.0 Å². The Hall–Kier alpha value is -2.11. The van der Waals surface area contributed by atoms with Crippen LogP contribution in [0.15, 0.2) is 18.2 Å². The largest absolute Gasteiger partial charge is 0.351 e. The number of carbonyl (C=O) groups excluding carboxylic acids is 2. The van der Waals surface area contributed by atoms with E-state index < -0.39 is 17.9 Å². The summed E-state index contributed by atoms with van der Waals surface area (Å²) in [4.78, 5) is 25.2. The quantitative estimate of drug-likeness (QED) is 0.869. The van der Waals surface area contributed by atoms with Crippen LogP contribution in [0, 0.1) is 11.7 Å². The maximum atomic E-state index is 13.9. The Morgan fingerprint density at radius 1 is 1.60 bits per heavy atom. The van der Waals surface area contributed by atoms with Crippen molar-refractivity contribution in [3.05, 3.63) is 29.6 Å². The molecule has 1 aliphatic rings. The second kappa shape index (κ2) is 5.48. The van der Waals surface area contributed by atoms with Crippen molar-refractivity contribution in [1.29, 1.82) is 0 Å². The molecule has 2 unspecified atom stereocenters. The highest BCUT2D eigenvalue weighted by Crippen LogP contribution is 2.28. The fraction of sp³-hybridized carbons (Fsp3) is 0.429. The van der Waals surface area contributed by atoms with Crippen molar-refractivity contribution in [2.24, 2.45) is 11.7 Å². The fourth-order valence-corrected chi connectivity index (χ4v) is 2.46. The molecule has 0 aliphatic carbocycles. The van der Waals surface area contributed by atoms with Crippen molar-refractivity contribution >= 4 is 17.6 Å². The minimum absolute atomic E-state index is 0.00884. The van der Waals surface area contributed by atoms with Crippen LogP contribution in [0.4, 0.5) is 14.9 Å². The van der Waals surface area contributed by atoms with Gasteiger partial charge >= 0.3 is 6.03 Å². The number of nitrogens with two attached hydrogens (primary N) is 1. The summed E-state index contributed by atoms with van der Waals surface area (Å²) in [6.45, 7) is 3.79. The normalized spacial score (nSPS) is 19.9. The number of benzene rings is 1. The van der Waals surface area contributed by atoms with E-state index in [2.05, 4.69) is 5.32 Å². The Morgan fingerprint density at radius 2 is 2.30 bits per heavy atom. The molecule has 0 bridgehead atoms. The molecular formula is C14H18FN3O2. The van der Waals surface area contributed by atoms with Gasteiger partial charge in [0.25, 0.3) is 0 Å². The van der Waals surface area contributed by atoms with Gasteiger partial charge in [0.05, 0.1) is 6.54 Å². The SMILES string of the molecule is CCC(C)C1C(=O)Nc2cccc(F)c2CN1C(N)=O. The lowest BCUT2D eigenvalue weighted by atomic mass is 9.97. The molecule has 3 N–H and O–H groups in total. The second-order valence-corrected chi connectivity index (χ2v) is 5.05. The lowest BCUT2D eigenvalue weighted by Gasteiger charge is -2.30. The third-order valence-electron chi connectivity index (χ3n) is 3.78. The summed E-state index contributed by atoms with van der Waals surface area (Å²) in [6.07, 6.45) is 0.709. The van der Waals surface area contributed by atoms with Crippen molar-refractivity contribution in [3.63, 3.8) is 0 Å². The van der Waals surface area contributed by atoms with E-state index in [9.17, 15) is 14.0 Å². The Labute approximate surface area is 116 Å². The molecule has 1 aliphatic heterocycles. The van der Waals surface area contributed by atoms with Crippen molar-refractivity contribution in [2.45, 2.75) is 32.9 Å². The Kier molecular flexibility index (Phi) is 3.92. The highest BCUT2D eigenvalue weighted by Gasteiger charge is 2.36. The molecule has 0 radical (unpaired) electrons. The van der Waals surface area contributed by atoms with Crippen LogP contribution in [0.3, 0.4) is 0 Å². The molecule has 0 aromatic heterocycles. The zero-order valence-electron chi connectivity index (χ0n) is 11.5. The van der Waals surface area contributed by atoms with Crippen LogP contribution in [0.5, 0.6) is 0 Å². The number of hydrogen-bond acceptors (Lipinski definition) is 2. The number of anilines is 1. The molecule has 6 heteroatoms. The molecule has 1 aromatic carbocycles. The molecule has 2 rings (SSSR count). The smallest absolute Gasteiger partial charge is 0.315 e. The first-order chi connectivity index (χ1) is 9.45. The summed E-state index contributed by atoms with van der Waals surface area (Å²) in [5.41, 5.74) is 6.05. The van der Waals surface area contributed by atoms with Gasteiger partial charge in [-0.25, -0.2) is 9.18 Å². The molecular weight excluding hydrogens is 261 g/mol. The number of primary amides is 1. The van der Waals surface area contributed by atoms with Gasteiger partial charge in [-0.15, -0.1) is 0 Å². The number of carbonyl (C=O) groups is 2. The van der Waals surface area contributed by atoms with Gasteiger partial charge in [-0.1, -0.05) is 26.3 Å². The summed E-state index contributed by atoms with van der Waals surface area (Å²) >= 11 is 0. The van der Waals surface area contributed by atoms with Crippen molar-refractivity contribution in [3.8, 4) is 0 Å². The molecule has 0 saturated heterocycles. The third kappa shape index (κ3) is 2.45. The van der Waals surface area contributed by atoms with E-state index in [-0.39, 0.29) is 23.9 Å². The van der Waals surface area contributed by atoms with Crippen LogP contribution < -0.4 is 11.1 Å². The Bertz CT molecular complexity index is 547. The second-order valence-electron chi connectivity index (χ2n) is 5.05. The van der Waals surface area contributed by atoms with Gasteiger partial charge in [0.1, 0.15) is 11.9 Å². The standard InChI is InChI=1S/C14H18FN3O2/c1-3-8(2)12-13(19)17-11-6-4-5-10(15)9(11)7-18(12)14(16)20/h4-6,8,12H,3,7H2,1-2H3,(H2,16,20)(H,17,19). The molecule has 0 saturated carbocycles. The molecule has 2 atom stereocenters. The molecule has 0 spiro atoms. The summed E-state index contributed by atoms with van der Waals surface area (Å²) in [5, 5.41) is 2.68. The number of fused-ring (bicyclic) bond motifs is 1. The Morgan fingerprint density at radius 3 is 2.90 bits per heavy atom. The third-order valence-corrected chi connectivity index (χ3v) is 3.78. The van der Waals surface area contributed by atoms with Crippen molar-refractivity contribution < 1.29 is 14.0 Å². The molecule has 20 heavy (non-hydrogen) atoms. The first kappa shape index (κ1) is 14.3. The molecule has 0 fully saturated rings. The van der Waals surface area contributed by atoms with E-state index in [1.807, 2.05) is 13.8 Å². The maximum absolute atomic E-state index is 13.9. The first-order valence-corrected chi connectivity index (χ1v) is 6.60. The number of halogens is 1. The van der Waals surface area contributed by atoms with Crippen LogP contribution in [0.25, 0.3) is 0 Å². The van der Waals surface area contributed by atoms with Gasteiger partial charge in [0, 0.05) is 11.3 Å². The Balaban J connectivity index is 2.48. The van der Waals surface area contributed by atoms with Crippen LogP contribution in [-0.4, -0.2) is 22.9 Å². The predicted octanol–water partition coefficient (Wildman–Crippen LogP) is 2.07. The van der Waals surface area contributed by atoms with Gasteiger partial charge in [-0.3, -0.25) is 4.79 Å². The maximum Gasteiger partial charge on any atom is 0.315 e. The average Bonchev–Trinajstić information content (AvgIpc) is 2.55. The monoisotopic (exact) mass is 279 g/mol. The van der Waals surface area contributed by atoms with E-state index in [0.29, 0.717) is 12.1 Å². The van der Waals surface area contributed by atoms with E-state index in [4.69, 9.17) is 5.73 Å². The molecule has 1 aromatic rings. The highest BCUT2D eigenvalue weighted by atomic mass is 19.1. The van der Waals surface area contributed by atoms with Crippen LogP contribution in [0.1, 0.15) is 25.8 Å². The van der Waals surface area contributed by atoms with Gasteiger partial charge in [0.2, 0.25) is 5.91 Å². The summed E-state index contributed by atoms with van der Waals surface area (Å²) in [5.74, 6) is -0.860. The topological polar surface area (TPSA) is 75.4 Å². The minimum Gasteiger partial charge on any atom is -0.351 e. The first-order valence-electron chi connectivity index (χ1n) is 6.60. The van der Waals surface area contributed by atoms with Gasteiger partial charge in [-0.2, -0.15) is 0 Å². The van der Waals surface area contributed by atoms with Crippen molar-refractivity contribution in [2.75, 3.05) is 5.32 Å². The van der Waals surface area contributed by atoms with E-state index in [0.717, 1.165) is 0 Å². The lowest BCUT2D eigenvalue weighted by molar-refractivity contribution is -0.121. The predicted molar refractivity (Wildman–Crippen MR) is 73.4 cm³/mol.